The predicted octanol–water partition coefficient (Wildman–Crippen LogP) is 2.35. The third kappa shape index (κ3) is 4.50. The molecule has 1 amide bonds. The van der Waals surface area contributed by atoms with Crippen LogP contribution in [-0.4, -0.2) is 27.3 Å². The number of halogens is 1. The van der Waals surface area contributed by atoms with Crippen molar-refractivity contribution in [2.45, 2.75) is 26.7 Å². The number of hydrogen-bond acceptors (Lipinski definition) is 2. The first-order valence-electron chi connectivity index (χ1n) is 5.77. The summed E-state index contributed by atoms with van der Waals surface area (Å²) in [6.45, 7) is 5.02. The van der Waals surface area contributed by atoms with E-state index in [2.05, 4.69) is 40.1 Å². The van der Waals surface area contributed by atoms with Gasteiger partial charge >= 0.3 is 0 Å². The Balaban J connectivity index is 2.45. The number of aryl methyl sites for hydroxylation is 1. The van der Waals surface area contributed by atoms with Gasteiger partial charge in [0.2, 0.25) is 0 Å². The summed E-state index contributed by atoms with van der Waals surface area (Å²) in [7, 11) is 1.82. The summed E-state index contributed by atoms with van der Waals surface area (Å²) in [5.41, 5.74) is 0.725. The molecule has 0 spiro atoms. The SMILES string of the molecule is Cn1cncc1C(=O)NCC(C)(C)CCCBr. The molecule has 1 rings (SSSR count). The topological polar surface area (TPSA) is 46.9 Å². The van der Waals surface area contributed by atoms with Crippen molar-refractivity contribution in [1.82, 2.24) is 14.9 Å². The van der Waals surface area contributed by atoms with E-state index in [9.17, 15) is 4.79 Å². The average molecular weight is 302 g/mol. The molecule has 4 nitrogen and oxygen atoms in total. The number of hydrogen-bond donors (Lipinski definition) is 1. The van der Waals surface area contributed by atoms with E-state index in [-0.39, 0.29) is 11.3 Å². The zero-order chi connectivity index (χ0) is 12.9. The highest BCUT2D eigenvalue weighted by molar-refractivity contribution is 9.09. The van der Waals surface area contributed by atoms with E-state index in [1.165, 1.54) is 0 Å². The van der Waals surface area contributed by atoms with Crippen LogP contribution in [0.1, 0.15) is 37.2 Å². The zero-order valence-electron chi connectivity index (χ0n) is 10.7. The van der Waals surface area contributed by atoms with Gasteiger partial charge in [0.15, 0.2) is 0 Å². The number of alkyl halides is 1. The summed E-state index contributed by atoms with van der Waals surface area (Å²) in [6, 6.07) is 0. The van der Waals surface area contributed by atoms with E-state index in [4.69, 9.17) is 0 Å². The summed E-state index contributed by atoms with van der Waals surface area (Å²) >= 11 is 3.42. The summed E-state index contributed by atoms with van der Waals surface area (Å²) in [5.74, 6) is -0.0584. The Bertz CT molecular complexity index is 374. The summed E-state index contributed by atoms with van der Waals surface area (Å²) in [6.07, 6.45) is 5.42. The standard InChI is InChI=1S/C12H20BrN3O/c1-12(2,5-4-6-13)8-15-11(17)10-7-14-9-16(10)3/h7,9H,4-6,8H2,1-3H3,(H,15,17). The summed E-state index contributed by atoms with van der Waals surface area (Å²) in [4.78, 5) is 15.8. The number of nitrogens with zero attached hydrogens (tertiary/aromatic N) is 2. The molecule has 0 aliphatic rings. The van der Waals surface area contributed by atoms with Gasteiger partial charge in [0, 0.05) is 18.9 Å². The van der Waals surface area contributed by atoms with E-state index < -0.39 is 0 Å². The average Bonchev–Trinajstić information content (AvgIpc) is 2.70. The molecule has 0 atom stereocenters. The third-order valence-electron chi connectivity index (χ3n) is 2.76. The van der Waals surface area contributed by atoms with Gasteiger partial charge < -0.3 is 9.88 Å². The molecule has 0 aliphatic carbocycles. The van der Waals surface area contributed by atoms with Crippen LogP contribution in [0.3, 0.4) is 0 Å². The van der Waals surface area contributed by atoms with Crippen LogP contribution in [-0.2, 0) is 7.05 Å². The Labute approximate surface area is 111 Å². The van der Waals surface area contributed by atoms with Gasteiger partial charge in [0.05, 0.1) is 12.5 Å². The maximum absolute atomic E-state index is 11.9. The molecule has 1 aromatic heterocycles. The number of imidazole rings is 1. The van der Waals surface area contributed by atoms with Crippen LogP contribution in [0.15, 0.2) is 12.5 Å². The molecule has 1 aromatic rings. The highest BCUT2D eigenvalue weighted by Crippen LogP contribution is 2.21. The van der Waals surface area contributed by atoms with Crippen molar-refractivity contribution < 1.29 is 4.79 Å². The highest BCUT2D eigenvalue weighted by Gasteiger charge is 2.19. The van der Waals surface area contributed by atoms with E-state index in [0.717, 1.165) is 18.2 Å². The van der Waals surface area contributed by atoms with E-state index in [0.29, 0.717) is 12.2 Å². The van der Waals surface area contributed by atoms with Crippen molar-refractivity contribution in [2.75, 3.05) is 11.9 Å². The van der Waals surface area contributed by atoms with Crippen molar-refractivity contribution in [3.63, 3.8) is 0 Å². The van der Waals surface area contributed by atoms with Gasteiger partial charge in [0.25, 0.3) is 5.91 Å². The Morgan fingerprint density at radius 2 is 2.29 bits per heavy atom. The molecule has 0 unspecified atom stereocenters. The monoisotopic (exact) mass is 301 g/mol. The molecular formula is C12H20BrN3O. The van der Waals surface area contributed by atoms with Gasteiger partial charge in [-0.3, -0.25) is 4.79 Å². The molecule has 0 fully saturated rings. The maximum Gasteiger partial charge on any atom is 0.269 e. The fourth-order valence-corrected chi connectivity index (χ4v) is 1.90. The van der Waals surface area contributed by atoms with Crippen LogP contribution >= 0.6 is 15.9 Å². The molecule has 0 saturated heterocycles. The summed E-state index contributed by atoms with van der Waals surface area (Å²) in [5, 5.41) is 3.97. The summed E-state index contributed by atoms with van der Waals surface area (Å²) < 4.78 is 1.72. The molecule has 96 valence electrons. The van der Waals surface area contributed by atoms with Crippen LogP contribution in [0.5, 0.6) is 0 Å². The third-order valence-corrected chi connectivity index (χ3v) is 3.32. The molecule has 17 heavy (non-hydrogen) atoms. The van der Waals surface area contributed by atoms with Crippen molar-refractivity contribution >= 4 is 21.8 Å². The van der Waals surface area contributed by atoms with Gasteiger partial charge in [-0.15, -0.1) is 0 Å². The molecule has 0 saturated carbocycles. The van der Waals surface area contributed by atoms with Gasteiger partial charge in [0.1, 0.15) is 5.69 Å². The highest BCUT2D eigenvalue weighted by atomic mass is 79.9. The Hall–Kier alpha value is -0.840. The first-order chi connectivity index (χ1) is 7.96. The zero-order valence-corrected chi connectivity index (χ0v) is 12.2. The van der Waals surface area contributed by atoms with Gasteiger partial charge in [-0.2, -0.15) is 0 Å². The lowest BCUT2D eigenvalue weighted by Gasteiger charge is -2.24. The van der Waals surface area contributed by atoms with Crippen molar-refractivity contribution in [1.29, 1.82) is 0 Å². The van der Waals surface area contributed by atoms with E-state index in [1.807, 2.05) is 7.05 Å². The second-order valence-corrected chi connectivity index (χ2v) is 5.82. The van der Waals surface area contributed by atoms with Crippen LogP contribution in [0, 0.1) is 5.41 Å². The van der Waals surface area contributed by atoms with Gasteiger partial charge in [-0.1, -0.05) is 29.8 Å². The Kier molecular flexibility index (Phi) is 5.18. The predicted molar refractivity (Wildman–Crippen MR) is 72.4 cm³/mol. The largest absolute Gasteiger partial charge is 0.350 e. The second-order valence-electron chi connectivity index (χ2n) is 5.03. The number of rotatable bonds is 6. The minimum absolute atomic E-state index is 0.0584. The smallest absolute Gasteiger partial charge is 0.269 e. The molecule has 5 heteroatoms. The van der Waals surface area contributed by atoms with Crippen molar-refractivity contribution in [2.24, 2.45) is 12.5 Å². The van der Waals surface area contributed by atoms with Crippen LogP contribution < -0.4 is 5.32 Å². The Morgan fingerprint density at radius 3 is 2.82 bits per heavy atom. The molecule has 0 aromatic carbocycles. The number of carbonyl (C=O) groups is 1. The van der Waals surface area contributed by atoms with Crippen LogP contribution in [0.2, 0.25) is 0 Å². The molecule has 0 bridgehead atoms. The fourth-order valence-electron chi connectivity index (χ4n) is 1.62. The molecule has 0 aliphatic heterocycles. The molecular weight excluding hydrogens is 282 g/mol. The second kappa shape index (κ2) is 6.19. The lowest BCUT2D eigenvalue weighted by molar-refractivity contribution is 0.0926. The van der Waals surface area contributed by atoms with E-state index in [1.54, 1.807) is 17.1 Å². The maximum atomic E-state index is 11.9. The normalized spacial score (nSPS) is 11.5. The lowest BCUT2D eigenvalue weighted by atomic mass is 9.88. The minimum atomic E-state index is -0.0584. The van der Waals surface area contributed by atoms with Crippen molar-refractivity contribution in [3.8, 4) is 0 Å². The number of nitrogens with one attached hydrogen (secondary N) is 1. The van der Waals surface area contributed by atoms with Crippen LogP contribution in [0.4, 0.5) is 0 Å². The first-order valence-corrected chi connectivity index (χ1v) is 6.89. The van der Waals surface area contributed by atoms with Crippen molar-refractivity contribution in [3.05, 3.63) is 18.2 Å². The van der Waals surface area contributed by atoms with E-state index >= 15 is 0 Å². The molecule has 1 N–H and O–H groups in total. The number of aromatic nitrogens is 2. The Morgan fingerprint density at radius 1 is 1.59 bits per heavy atom. The quantitative estimate of drug-likeness (QED) is 0.820. The number of carbonyl (C=O) groups excluding carboxylic acids is 1. The minimum Gasteiger partial charge on any atom is -0.350 e. The van der Waals surface area contributed by atoms with Crippen LogP contribution in [0.25, 0.3) is 0 Å². The fraction of sp³-hybridized carbons (Fsp3) is 0.667. The van der Waals surface area contributed by atoms with Gasteiger partial charge in [-0.05, 0) is 18.3 Å². The molecule has 1 heterocycles. The number of amides is 1. The molecule has 0 radical (unpaired) electrons. The first kappa shape index (κ1) is 14.2. The lowest BCUT2D eigenvalue weighted by Crippen LogP contribution is -2.34. The van der Waals surface area contributed by atoms with Gasteiger partial charge in [-0.25, -0.2) is 4.98 Å².